The molecule has 7 heteroatoms. The lowest BCUT2D eigenvalue weighted by Gasteiger charge is -2.14. The van der Waals surface area contributed by atoms with E-state index in [1.807, 2.05) is 11.6 Å². The van der Waals surface area contributed by atoms with Gasteiger partial charge in [-0.3, -0.25) is 0 Å². The van der Waals surface area contributed by atoms with E-state index in [4.69, 9.17) is 9.47 Å². The van der Waals surface area contributed by atoms with Gasteiger partial charge in [-0.2, -0.15) is 5.10 Å². The number of carbonyl (C=O) groups excluding carboxylic acids is 1. The third-order valence-electron chi connectivity index (χ3n) is 3.90. The normalized spacial score (nSPS) is 11.0. The van der Waals surface area contributed by atoms with Gasteiger partial charge in [0.2, 0.25) is 0 Å². The number of rotatable bonds is 10. The van der Waals surface area contributed by atoms with Crippen LogP contribution in [0.3, 0.4) is 0 Å². The van der Waals surface area contributed by atoms with Gasteiger partial charge in [0.15, 0.2) is 5.65 Å². The molecule has 0 bridgehead atoms. The monoisotopic (exact) mass is 349 g/mol. The molecule has 0 saturated carbocycles. The van der Waals surface area contributed by atoms with Crippen LogP contribution in [0.1, 0.15) is 56.1 Å². The molecule has 2 heterocycles. The highest BCUT2D eigenvalue weighted by molar-refractivity contribution is 6.00. The number of ether oxygens (including phenoxy) is 2. The molecule has 2 aromatic rings. The third kappa shape index (κ3) is 4.28. The number of aryl methyl sites for hydroxylation is 1. The highest BCUT2D eigenvalue weighted by Crippen LogP contribution is 2.32. The van der Waals surface area contributed by atoms with E-state index in [2.05, 4.69) is 17.0 Å². The zero-order valence-electron chi connectivity index (χ0n) is 15.2. The first-order valence-electron chi connectivity index (χ1n) is 8.96. The fourth-order valence-corrected chi connectivity index (χ4v) is 2.78. The van der Waals surface area contributed by atoms with Crippen LogP contribution in [0, 0.1) is 0 Å². The minimum absolute atomic E-state index is 0.111. The van der Waals surface area contributed by atoms with E-state index in [9.17, 15) is 9.90 Å². The van der Waals surface area contributed by atoms with E-state index in [0.29, 0.717) is 34.6 Å². The summed E-state index contributed by atoms with van der Waals surface area (Å²) >= 11 is 0. The summed E-state index contributed by atoms with van der Waals surface area (Å²) in [6.07, 6.45) is 5.19. The van der Waals surface area contributed by atoms with Gasteiger partial charge in [-0.25, -0.2) is 14.5 Å². The van der Waals surface area contributed by atoms with Crippen LogP contribution < -0.4 is 4.74 Å². The van der Waals surface area contributed by atoms with Gasteiger partial charge < -0.3 is 14.6 Å². The SMILES string of the molecule is CCCCCn1ncc2c(OCC)c(C(=O)OCC)c(CCO)nc21. The van der Waals surface area contributed by atoms with Crippen LogP contribution in [-0.4, -0.2) is 45.7 Å². The standard InChI is InChI=1S/C18H27N3O4/c1-4-7-8-10-21-17-13(12-19-21)16(24-5-2)15(18(23)25-6-3)14(20-17)9-11-22/h12,22H,4-11H2,1-3H3. The van der Waals surface area contributed by atoms with E-state index < -0.39 is 5.97 Å². The summed E-state index contributed by atoms with van der Waals surface area (Å²) in [7, 11) is 0. The number of esters is 1. The predicted molar refractivity (Wildman–Crippen MR) is 95.0 cm³/mol. The van der Waals surface area contributed by atoms with Crippen molar-refractivity contribution >= 4 is 17.0 Å². The summed E-state index contributed by atoms with van der Waals surface area (Å²) < 4.78 is 12.8. The molecule has 0 saturated heterocycles. The molecule has 0 spiro atoms. The smallest absolute Gasteiger partial charge is 0.343 e. The van der Waals surface area contributed by atoms with Gasteiger partial charge in [-0.15, -0.1) is 0 Å². The second kappa shape index (κ2) is 9.36. The average molecular weight is 349 g/mol. The fraction of sp³-hybridized carbons (Fsp3) is 0.611. The second-order valence-electron chi connectivity index (χ2n) is 5.70. The number of unbranched alkanes of at least 4 members (excludes halogenated alkanes) is 2. The second-order valence-corrected chi connectivity index (χ2v) is 5.70. The molecule has 138 valence electrons. The van der Waals surface area contributed by atoms with Crippen molar-refractivity contribution < 1.29 is 19.4 Å². The molecule has 1 N–H and O–H groups in total. The van der Waals surface area contributed by atoms with Crippen molar-refractivity contribution in [2.75, 3.05) is 19.8 Å². The van der Waals surface area contributed by atoms with Gasteiger partial charge in [0.25, 0.3) is 0 Å². The molecule has 0 aliphatic rings. The van der Waals surface area contributed by atoms with Crippen LogP contribution in [-0.2, 0) is 17.7 Å². The Bertz CT molecular complexity index is 712. The molecule has 25 heavy (non-hydrogen) atoms. The van der Waals surface area contributed by atoms with E-state index >= 15 is 0 Å². The molecule has 2 rings (SSSR count). The summed E-state index contributed by atoms with van der Waals surface area (Å²) in [6, 6.07) is 0. The number of carbonyl (C=O) groups is 1. The van der Waals surface area contributed by atoms with Crippen molar-refractivity contribution in [3.8, 4) is 5.75 Å². The maximum absolute atomic E-state index is 12.4. The lowest BCUT2D eigenvalue weighted by Crippen LogP contribution is -2.15. The first-order valence-corrected chi connectivity index (χ1v) is 8.96. The molecule has 0 radical (unpaired) electrons. The van der Waals surface area contributed by atoms with Gasteiger partial charge in [-0.1, -0.05) is 19.8 Å². The Morgan fingerprint density at radius 2 is 2.04 bits per heavy atom. The molecule has 0 unspecified atom stereocenters. The largest absolute Gasteiger partial charge is 0.492 e. The summed E-state index contributed by atoms with van der Waals surface area (Å²) in [5.41, 5.74) is 1.45. The van der Waals surface area contributed by atoms with Crippen molar-refractivity contribution in [2.45, 2.75) is 53.0 Å². The number of pyridine rings is 1. The number of hydrogen-bond acceptors (Lipinski definition) is 6. The number of nitrogens with zero attached hydrogens (tertiary/aromatic N) is 3. The lowest BCUT2D eigenvalue weighted by atomic mass is 10.1. The van der Waals surface area contributed by atoms with Gasteiger partial charge >= 0.3 is 5.97 Å². The van der Waals surface area contributed by atoms with Crippen molar-refractivity contribution in [3.05, 3.63) is 17.5 Å². The molecule has 0 aliphatic heterocycles. The molecule has 0 aliphatic carbocycles. The summed E-state index contributed by atoms with van der Waals surface area (Å²) in [5, 5.41) is 14.5. The molecule has 0 amide bonds. The van der Waals surface area contributed by atoms with Crippen molar-refractivity contribution in [3.63, 3.8) is 0 Å². The van der Waals surface area contributed by atoms with Gasteiger partial charge in [-0.05, 0) is 20.3 Å². The molecule has 0 atom stereocenters. The van der Waals surface area contributed by atoms with Gasteiger partial charge in [0.1, 0.15) is 11.3 Å². The first kappa shape index (κ1) is 19.2. The molecule has 0 fully saturated rings. The van der Waals surface area contributed by atoms with Gasteiger partial charge in [0, 0.05) is 19.6 Å². The molecule has 2 aromatic heterocycles. The summed E-state index contributed by atoms with van der Waals surface area (Å²) in [4.78, 5) is 17.1. The van der Waals surface area contributed by atoms with Crippen LogP contribution in [0.5, 0.6) is 5.75 Å². The quantitative estimate of drug-likeness (QED) is 0.524. The zero-order chi connectivity index (χ0) is 18.2. The van der Waals surface area contributed by atoms with Crippen LogP contribution in [0.2, 0.25) is 0 Å². The number of hydrogen-bond donors (Lipinski definition) is 1. The minimum atomic E-state index is -0.484. The number of aliphatic hydroxyl groups excluding tert-OH is 1. The highest BCUT2D eigenvalue weighted by atomic mass is 16.5. The number of fused-ring (bicyclic) bond motifs is 1. The average Bonchev–Trinajstić information content (AvgIpc) is 2.99. The molecular formula is C18H27N3O4. The zero-order valence-corrected chi connectivity index (χ0v) is 15.2. The summed E-state index contributed by atoms with van der Waals surface area (Å²) in [6.45, 7) is 7.08. The van der Waals surface area contributed by atoms with E-state index in [0.717, 1.165) is 25.8 Å². The Labute approximate surface area is 148 Å². The highest BCUT2D eigenvalue weighted by Gasteiger charge is 2.25. The minimum Gasteiger partial charge on any atom is -0.492 e. The Balaban J connectivity index is 2.58. The maximum atomic E-state index is 12.4. The fourth-order valence-electron chi connectivity index (χ4n) is 2.78. The number of aromatic nitrogens is 3. The van der Waals surface area contributed by atoms with Crippen molar-refractivity contribution in [2.24, 2.45) is 0 Å². The molecule has 0 aromatic carbocycles. The molecule has 7 nitrogen and oxygen atoms in total. The number of aliphatic hydroxyl groups is 1. The molecular weight excluding hydrogens is 322 g/mol. The van der Waals surface area contributed by atoms with E-state index in [1.54, 1.807) is 13.1 Å². The van der Waals surface area contributed by atoms with Crippen molar-refractivity contribution in [1.82, 2.24) is 14.8 Å². The third-order valence-corrected chi connectivity index (χ3v) is 3.90. The van der Waals surface area contributed by atoms with Gasteiger partial charge in [0.05, 0.1) is 30.5 Å². The van der Waals surface area contributed by atoms with Crippen molar-refractivity contribution in [1.29, 1.82) is 0 Å². The van der Waals surface area contributed by atoms with Crippen LogP contribution in [0.25, 0.3) is 11.0 Å². The first-order chi connectivity index (χ1) is 12.2. The van der Waals surface area contributed by atoms with Crippen LogP contribution in [0.15, 0.2) is 6.20 Å². The Morgan fingerprint density at radius 3 is 2.68 bits per heavy atom. The Kier molecular flexibility index (Phi) is 7.18. The van der Waals surface area contributed by atoms with Crippen LogP contribution >= 0.6 is 0 Å². The van der Waals surface area contributed by atoms with Crippen LogP contribution in [0.4, 0.5) is 0 Å². The summed E-state index contributed by atoms with van der Waals surface area (Å²) in [5.74, 6) is -0.0429. The topological polar surface area (TPSA) is 86.5 Å². The van der Waals surface area contributed by atoms with E-state index in [-0.39, 0.29) is 19.6 Å². The predicted octanol–water partition coefficient (Wildman–Crippen LogP) is 2.73. The lowest BCUT2D eigenvalue weighted by molar-refractivity contribution is 0.0520. The van der Waals surface area contributed by atoms with E-state index in [1.165, 1.54) is 0 Å². The Morgan fingerprint density at radius 1 is 1.24 bits per heavy atom. The Hall–Kier alpha value is -2.15. The maximum Gasteiger partial charge on any atom is 0.343 e.